The van der Waals surface area contributed by atoms with Crippen LogP contribution in [0.4, 0.5) is 4.39 Å². The lowest BCUT2D eigenvalue weighted by atomic mass is 10.2. The van der Waals surface area contributed by atoms with Gasteiger partial charge in [0, 0.05) is 25.2 Å². The van der Waals surface area contributed by atoms with E-state index in [1.165, 1.54) is 23.9 Å². The molecule has 1 aliphatic heterocycles. The number of thioether (sulfide) groups is 1. The molecule has 0 spiro atoms. The third-order valence-electron chi connectivity index (χ3n) is 3.82. The maximum absolute atomic E-state index is 13.1. The van der Waals surface area contributed by atoms with Crippen LogP contribution in [-0.4, -0.2) is 57.6 Å². The van der Waals surface area contributed by atoms with E-state index in [-0.39, 0.29) is 11.7 Å². The average molecular weight is 350 g/mol. The lowest BCUT2D eigenvalue weighted by Gasteiger charge is -2.26. The van der Waals surface area contributed by atoms with Crippen LogP contribution in [0.15, 0.2) is 29.4 Å². The van der Waals surface area contributed by atoms with Gasteiger partial charge in [-0.2, -0.15) is 0 Å². The first-order valence-corrected chi connectivity index (χ1v) is 8.85. The fraction of sp³-hybridized carbons (Fsp3) is 0.438. The summed E-state index contributed by atoms with van der Waals surface area (Å²) in [6.45, 7) is 5.13. The number of carbonyl (C=O) groups is 1. The van der Waals surface area contributed by atoms with Crippen molar-refractivity contribution < 1.29 is 13.9 Å². The van der Waals surface area contributed by atoms with Gasteiger partial charge in [-0.3, -0.25) is 4.79 Å². The van der Waals surface area contributed by atoms with Crippen molar-refractivity contribution in [3.63, 3.8) is 0 Å². The van der Waals surface area contributed by atoms with Gasteiger partial charge in [-0.15, -0.1) is 10.2 Å². The third-order valence-corrected chi connectivity index (χ3v) is 4.78. The number of benzene rings is 1. The highest BCUT2D eigenvalue weighted by Gasteiger charge is 2.19. The number of aromatic nitrogens is 3. The van der Waals surface area contributed by atoms with E-state index in [0.717, 1.165) is 5.56 Å². The molecule has 0 aliphatic carbocycles. The topological polar surface area (TPSA) is 60.2 Å². The lowest BCUT2D eigenvalue weighted by molar-refractivity contribution is -0.132. The molecule has 6 nitrogen and oxygen atoms in total. The Morgan fingerprint density at radius 3 is 2.62 bits per heavy atom. The molecule has 3 rings (SSSR count). The molecule has 1 aliphatic rings. The van der Waals surface area contributed by atoms with Crippen LogP contribution >= 0.6 is 11.8 Å². The molecule has 0 radical (unpaired) electrons. The van der Waals surface area contributed by atoms with Crippen molar-refractivity contribution in [2.24, 2.45) is 0 Å². The summed E-state index contributed by atoms with van der Waals surface area (Å²) < 4.78 is 20.3. The summed E-state index contributed by atoms with van der Waals surface area (Å²) in [6.07, 6.45) is 0. The maximum Gasteiger partial charge on any atom is 0.233 e. The van der Waals surface area contributed by atoms with Crippen LogP contribution in [0, 0.1) is 5.82 Å². The van der Waals surface area contributed by atoms with Gasteiger partial charge in [-0.25, -0.2) is 4.39 Å². The van der Waals surface area contributed by atoms with E-state index < -0.39 is 0 Å². The molecule has 0 saturated carbocycles. The van der Waals surface area contributed by atoms with Gasteiger partial charge in [0.05, 0.1) is 19.0 Å². The van der Waals surface area contributed by atoms with E-state index >= 15 is 0 Å². The molecule has 2 heterocycles. The van der Waals surface area contributed by atoms with E-state index in [4.69, 9.17) is 4.74 Å². The Morgan fingerprint density at radius 2 is 1.96 bits per heavy atom. The first-order valence-electron chi connectivity index (χ1n) is 7.86. The van der Waals surface area contributed by atoms with Crippen LogP contribution in [0.2, 0.25) is 0 Å². The molecule has 1 fully saturated rings. The van der Waals surface area contributed by atoms with Crippen LogP contribution in [0.1, 0.15) is 6.92 Å². The predicted molar refractivity (Wildman–Crippen MR) is 89.2 cm³/mol. The molecule has 8 heteroatoms. The number of halogens is 1. The van der Waals surface area contributed by atoms with Crippen molar-refractivity contribution in [3.8, 4) is 11.4 Å². The molecule has 1 aromatic heterocycles. The average Bonchev–Trinajstić information content (AvgIpc) is 3.04. The predicted octanol–water partition coefficient (Wildman–Crippen LogP) is 2.05. The van der Waals surface area contributed by atoms with Crippen molar-refractivity contribution in [1.29, 1.82) is 0 Å². The van der Waals surface area contributed by atoms with Crippen LogP contribution < -0.4 is 0 Å². The molecule has 0 N–H and O–H groups in total. The zero-order valence-electron chi connectivity index (χ0n) is 13.4. The second-order valence-corrected chi connectivity index (χ2v) is 6.28. The normalized spacial score (nSPS) is 14.8. The Labute approximate surface area is 144 Å². The summed E-state index contributed by atoms with van der Waals surface area (Å²) in [7, 11) is 0. The Morgan fingerprint density at radius 1 is 1.25 bits per heavy atom. The minimum Gasteiger partial charge on any atom is -0.378 e. The van der Waals surface area contributed by atoms with Gasteiger partial charge in [0.25, 0.3) is 0 Å². The van der Waals surface area contributed by atoms with Gasteiger partial charge in [-0.05, 0) is 31.2 Å². The summed E-state index contributed by atoms with van der Waals surface area (Å²) in [4.78, 5) is 14.0. The molecule has 2 aromatic rings. The molecule has 24 heavy (non-hydrogen) atoms. The smallest absolute Gasteiger partial charge is 0.233 e. The molecule has 128 valence electrons. The van der Waals surface area contributed by atoms with Crippen LogP contribution in [0.5, 0.6) is 0 Å². The second kappa shape index (κ2) is 7.76. The molecule has 0 bridgehead atoms. The quantitative estimate of drug-likeness (QED) is 0.773. The second-order valence-electron chi connectivity index (χ2n) is 5.34. The lowest BCUT2D eigenvalue weighted by Crippen LogP contribution is -2.41. The van der Waals surface area contributed by atoms with Crippen LogP contribution in [-0.2, 0) is 16.1 Å². The highest BCUT2D eigenvalue weighted by atomic mass is 32.2. The van der Waals surface area contributed by atoms with E-state index in [1.807, 2.05) is 16.4 Å². The largest absolute Gasteiger partial charge is 0.378 e. The summed E-state index contributed by atoms with van der Waals surface area (Å²) in [6, 6.07) is 6.16. The highest BCUT2D eigenvalue weighted by molar-refractivity contribution is 7.99. The third kappa shape index (κ3) is 3.76. The van der Waals surface area contributed by atoms with E-state index in [2.05, 4.69) is 10.2 Å². The molecule has 1 aromatic carbocycles. The number of hydrogen-bond donors (Lipinski definition) is 0. The number of hydrogen-bond acceptors (Lipinski definition) is 5. The Bertz CT molecular complexity index is 699. The van der Waals surface area contributed by atoms with Gasteiger partial charge in [-0.1, -0.05) is 11.8 Å². The monoisotopic (exact) mass is 350 g/mol. The number of amides is 1. The first kappa shape index (κ1) is 16.9. The number of ether oxygens (including phenoxy) is 1. The number of rotatable bonds is 5. The first-order chi connectivity index (χ1) is 11.7. The van der Waals surface area contributed by atoms with Crippen LogP contribution in [0.3, 0.4) is 0 Å². The Kier molecular flexibility index (Phi) is 5.47. The van der Waals surface area contributed by atoms with Crippen molar-refractivity contribution in [1.82, 2.24) is 19.7 Å². The Balaban J connectivity index is 1.70. The van der Waals surface area contributed by atoms with Gasteiger partial charge >= 0.3 is 0 Å². The van der Waals surface area contributed by atoms with Crippen molar-refractivity contribution in [2.45, 2.75) is 18.6 Å². The fourth-order valence-electron chi connectivity index (χ4n) is 2.52. The van der Waals surface area contributed by atoms with Gasteiger partial charge in [0.2, 0.25) is 5.91 Å². The summed E-state index contributed by atoms with van der Waals surface area (Å²) in [5.41, 5.74) is 0.803. The van der Waals surface area contributed by atoms with Gasteiger partial charge < -0.3 is 14.2 Å². The molecule has 0 unspecified atom stereocenters. The minimum absolute atomic E-state index is 0.0808. The summed E-state index contributed by atoms with van der Waals surface area (Å²) in [5, 5.41) is 9.08. The minimum atomic E-state index is -0.285. The van der Waals surface area contributed by atoms with Gasteiger partial charge in [0.1, 0.15) is 5.82 Å². The van der Waals surface area contributed by atoms with Crippen molar-refractivity contribution in [3.05, 3.63) is 30.1 Å². The number of carbonyl (C=O) groups excluding carboxylic acids is 1. The van der Waals surface area contributed by atoms with Crippen molar-refractivity contribution >= 4 is 17.7 Å². The number of nitrogens with zero attached hydrogens (tertiary/aromatic N) is 4. The summed E-state index contributed by atoms with van der Waals surface area (Å²) in [5.74, 6) is 0.796. The van der Waals surface area contributed by atoms with E-state index in [0.29, 0.717) is 49.6 Å². The van der Waals surface area contributed by atoms with E-state index in [1.54, 1.807) is 12.1 Å². The highest BCUT2D eigenvalue weighted by Crippen LogP contribution is 2.24. The van der Waals surface area contributed by atoms with E-state index in [9.17, 15) is 9.18 Å². The van der Waals surface area contributed by atoms with Crippen LogP contribution in [0.25, 0.3) is 11.4 Å². The molecular formula is C16H19FN4O2S. The molecule has 1 saturated heterocycles. The maximum atomic E-state index is 13.1. The van der Waals surface area contributed by atoms with Gasteiger partial charge in [0.15, 0.2) is 11.0 Å². The van der Waals surface area contributed by atoms with Crippen molar-refractivity contribution in [2.75, 3.05) is 32.1 Å². The molecule has 1 amide bonds. The molecular weight excluding hydrogens is 331 g/mol. The zero-order chi connectivity index (χ0) is 16.9. The Hall–Kier alpha value is -1.93. The standard InChI is InChI=1S/C16H19FN4O2S/c1-2-21-15(12-3-5-13(17)6-4-12)18-19-16(21)24-11-14(22)20-7-9-23-10-8-20/h3-6H,2,7-11H2,1H3. The molecule has 0 atom stereocenters. The SMILES string of the molecule is CCn1c(SCC(=O)N2CCOCC2)nnc1-c1ccc(F)cc1. The number of morpholine rings is 1. The zero-order valence-corrected chi connectivity index (χ0v) is 14.3. The fourth-order valence-corrected chi connectivity index (χ4v) is 3.43. The summed E-state index contributed by atoms with van der Waals surface area (Å²) >= 11 is 1.38.